The molecule has 0 amide bonds. The maximum Gasteiger partial charge on any atom is 0.342 e. The lowest BCUT2D eigenvalue weighted by Crippen LogP contribution is -2.32. The van der Waals surface area contributed by atoms with E-state index in [0.29, 0.717) is 18.4 Å². The number of carbonyl (C=O) groups excluding carboxylic acids is 2. The van der Waals surface area contributed by atoms with E-state index in [1.54, 1.807) is 24.3 Å². The van der Waals surface area contributed by atoms with Crippen molar-refractivity contribution in [1.29, 1.82) is 0 Å². The average molecular weight is 282 g/mol. The third-order valence-electron chi connectivity index (χ3n) is 3.62. The Morgan fingerprint density at radius 1 is 1.10 bits per heavy atom. The molecule has 4 heteroatoms. The Labute approximate surface area is 122 Å². The summed E-state index contributed by atoms with van der Waals surface area (Å²) in [5.74, 6) is -1.00. The fourth-order valence-electron chi connectivity index (χ4n) is 2.52. The molecule has 2 aromatic carbocycles. The van der Waals surface area contributed by atoms with E-state index in [9.17, 15) is 14.7 Å². The number of benzene rings is 2. The lowest BCUT2D eigenvalue weighted by Gasteiger charge is -2.23. The molecule has 0 fully saturated rings. The van der Waals surface area contributed by atoms with Gasteiger partial charge in [0.25, 0.3) is 0 Å². The molecule has 0 radical (unpaired) electrons. The standard InChI is InChI=1S/C17H14O4/c18-14-8-4-3-7-13(14)17(20)21-15-10-9-11-5-1-2-6-12(11)16(15)19/h1-8,15,18H,9-10H2/t15-/m1/s1. The van der Waals surface area contributed by atoms with E-state index in [4.69, 9.17) is 4.74 Å². The summed E-state index contributed by atoms with van der Waals surface area (Å²) in [6, 6.07) is 13.5. The molecule has 0 unspecified atom stereocenters. The van der Waals surface area contributed by atoms with Crippen LogP contribution in [0.2, 0.25) is 0 Å². The van der Waals surface area contributed by atoms with E-state index < -0.39 is 12.1 Å². The summed E-state index contributed by atoms with van der Waals surface area (Å²) in [6.45, 7) is 0. The predicted octanol–water partition coefficient (Wildman–Crippen LogP) is 2.75. The number of carbonyl (C=O) groups is 2. The number of rotatable bonds is 2. The Balaban J connectivity index is 1.80. The van der Waals surface area contributed by atoms with Gasteiger partial charge in [-0.25, -0.2) is 4.79 Å². The lowest BCUT2D eigenvalue weighted by atomic mass is 9.89. The molecule has 1 atom stereocenters. The zero-order chi connectivity index (χ0) is 14.8. The minimum Gasteiger partial charge on any atom is -0.507 e. The average Bonchev–Trinajstić information content (AvgIpc) is 2.51. The first-order chi connectivity index (χ1) is 10.2. The maximum absolute atomic E-state index is 12.3. The van der Waals surface area contributed by atoms with Crippen molar-refractivity contribution in [3.63, 3.8) is 0 Å². The van der Waals surface area contributed by atoms with Gasteiger partial charge in [-0.1, -0.05) is 36.4 Å². The minimum atomic E-state index is -0.785. The Morgan fingerprint density at radius 2 is 1.81 bits per heavy atom. The van der Waals surface area contributed by atoms with Gasteiger partial charge in [-0.15, -0.1) is 0 Å². The fraction of sp³-hybridized carbons (Fsp3) is 0.176. The molecule has 0 spiro atoms. The number of aromatic hydroxyl groups is 1. The first kappa shape index (κ1) is 13.4. The predicted molar refractivity (Wildman–Crippen MR) is 76.4 cm³/mol. The Morgan fingerprint density at radius 3 is 2.62 bits per heavy atom. The minimum absolute atomic E-state index is 0.0733. The van der Waals surface area contributed by atoms with Crippen molar-refractivity contribution in [2.75, 3.05) is 0 Å². The van der Waals surface area contributed by atoms with Crippen molar-refractivity contribution in [1.82, 2.24) is 0 Å². The van der Waals surface area contributed by atoms with E-state index in [2.05, 4.69) is 0 Å². The number of ether oxygens (including phenoxy) is 1. The second-order valence-electron chi connectivity index (χ2n) is 4.97. The summed E-state index contributed by atoms with van der Waals surface area (Å²) < 4.78 is 5.28. The number of aryl methyl sites for hydroxylation is 1. The maximum atomic E-state index is 12.3. The molecule has 0 aromatic heterocycles. The van der Waals surface area contributed by atoms with Gasteiger partial charge in [0.1, 0.15) is 11.3 Å². The number of phenols is 1. The topological polar surface area (TPSA) is 63.6 Å². The molecule has 0 bridgehead atoms. The molecule has 0 saturated heterocycles. The van der Waals surface area contributed by atoms with Crippen LogP contribution in [-0.2, 0) is 11.2 Å². The van der Waals surface area contributed by atoms with Crippen molar-refractivity contribution in [2.24, 2.45) is 0 Å². The van der Waals surface area contributed by atoms with Gasteiger partial charge in [-0.3, -0.25) is 4.79 Å². The molecule has 0 heterocycles. The van der Waals surface area contributed by atoms with Crippen LogP contribution in [0.25, 0.3) is 0 Å². The number of Topliss-reactive ketones (excluding diaryl/α,β-unsaturated/α-hetero) is 1. The van der Waals surface area contributed by atoms with Crippen molar-refractivity contribution in [3.05, 3.63) is 65.2 Å². The van der Waals surface area contributed by atoms with Crippen molar-refractivity contribution < 1.29 is 19.4 Å². The van der Waals surface area contributed by atoms with E-state index in [1.807, 2.05) is 12.1 Å². The molecular weight excluding hydrogens is 268 g/mol. The summed E-state index contributed by atoms with van der Waals surface area (Å²) in [5, 5.41) is 9.65. The largest absolute Gasteiger partial charge is 0.507 e. The second kappa shape index (κ2) is 5.40. The van der Waals surface area contributed by atoms with Crippen LogP contribution in [0.15, 0.2) is 48.5 Å². The molecular formula is C17H14O4. The molecule has 1 aliphatic rings. The number of phenolic OH excluding ortho intramolecular Hbond substituents is 1. The highest BCUT2D eigenvalue weighted by atomic mass is 16.5. The lowest BCUT2D eigenvalue weighted by molar-refractivity contribution is 0.0254. The van der Waals surface area contributed by atoms with Crippen molar-refractivity contribution >= 4 is 11.8 Å². The zero-order valence-corrected chi connectivity index (χ0v) is 11.3. The van der Waals surface area contributed by atoms with Gasteiger partial charge >= 0.3 is 5.97 Å². The van der Waals surface area contributed by atoms with E-state index in [1.165, 1.54) is 12.1 Å². The van der Waals surface area contributed by atoms with Crippen LogP contribution in [-0.4, -0.2) is 23.0 Å². The number of fused-ring (bicyclic) bond motifs is 1. The van der Waals surface area contributed by atoms with Crippen LogP contribution in [0.5, 0.6) is 5.75 Å². The van der Waals surface area contributed by atoms with E-state index in [-0.39, 0.29) is 17.1 Å². The molecule has 4 nitrogen and oxygen atoms in total. The summed E-state index contributed by atoms with van der Waals surface area (Å²) in [4.78, 5) is 24.4. The first-order valence-electron chi connectivity index (χ1n) is 6.78. The quantitative estimate of drug-likeness (QED) is 0.860. The van der Waals surface area contributed by atoms with Gasteiger partial charge in [0, 0.05) is 5.56 Å². The number of para-hydroxylation sites is 1. The summed E-state index contributed by atoms with van der Waals surface area (Å²) in [7, 11) is 0. The Hall–Kier alpha value is -2.62. The zero-order valence-electron chi connectivity index (χ0n) is 11.3. The van der Waals surface area contributed by atoms with Gasteiger partial charge in [-0.2, -0.15) is 0 Å². The number of hydrogen-bond acceptors (Lipinski definition) is 4. The second-order valence-corrected chi connectivity index (χ2v) is 4.97. The SMILES string of the molecule is O=C(O[C@@H]1CCc2ccccc2C1=O)c1ccccc1O. The molecule has 0 aliphatic heterocycles. The molecule has 0 saturated carbocycles. The number of esters is 1. The van der Waals surface area contributed by atoms with Gasteiger partial charge in [0.05, 0.1) is 0 Å². The smallest absolute Gasteiger partial charge is 0.342 e. The summed E-state index contributed by atoms with van der Waals surface area (Å²) in [6.07, 6.45) is 0.377. The monoisotopic (exact) mass is 282 g/mol. The summed E-state index contributed by atoms with van der Waals surface area (Å²) >= 11 is 0. The molecule has 1 N–H and O–H groups in total. The van der Waals surface area contributed by atoms with Crippen LogP contribution in [0.4, 0.5) is 0 Å². The highest BCUT2D eigenvalue weighted by Crippen LogP contribution is 2.25. The van der Waals surface area contributed by atoms with Gasteiger partial charge in [0.2, 0.25) is 5.78 Å². The Bertz CT molecular complexity index is 705. The fourth-order valence-corrected chi connectivity index (χ4v) is 2.52. The van der Waals surface area contributed by atoms with Crippen LogP contribution < -0.4 is 0 Å². The van der Waals surface area contributed by atoms with Crippen LogP contribution >= 0.6 is 0 Å². The van der Waals surface area contributed by atoms with Crippen LogP contribution in [0.1, 0.15) is 32.7 Å². The molecule has 1 aliphatic carbocycles. The number of hydrogen-bond donors (Lipinski definition) is 1. The van der Waals surface area contributed by atoms with E-state index >= 15 is 0 Å². The molecule has 21 heavy (non-hydrogen) atoms. The molecule has 2 aromatic rings. The highest BCUT2D eigenvalue weighted by Gasteiger charge is 2.30. The Kier molecular flexibility index (Phi) is 3.44. The first-order valence-corrected chi connectivity index (χ1v) is 6.78. The van der Waals surface area contributed by atoms with Crippen molar-refractivity contribution in [3.8, 4) is 5.75 Å². The van der Waals surface area contributed by atoms with E-state index in [0.717, 1.165) is 5.56 Å². The molecule has 106 valence electrons. The van der Waals surface area contributed by atoms with Gasteiger partial charge in [-0.05, 0) is 30.5 Å². The third kappa shape index (κ3) is 2.52. The van der Waals surface area contributed by atoms with Crippen LogP contribution in [0.3, 0.4) is 0 Å². The van der Waals surface area contributed by atoms with Gasteiger partial charge < -0.3 is 9.84 Å². The van der Waals surface area contributed by atoms with Gasteiger partial charge in [0.15, 0.2) is 6.10 Å². The normalized spacial score (nSPS) is 17.1. The highest BCUT2D eigenvalue weighted by molar-refractivity contribution is 6.03. The van der Waals surface area contributed by atoms with Crippen LogP contribution in [0, 0.1) is 0 Å². The van der Waals surface area contributed by atoms with Crippen molar-refractivity contribution in [2.45, 2.75) is 18.9 Å². The third-order valence-corrected chi connectivity index (χ3v) is 3.62. The number of ketones is 1. The molecule has 3 rings (SSSR count). The summed E-state index contributed by atoms with van der Waals surface area (Å²) in [5.41, 5.74) is 1.67.